The fourth-order valence-electron chi connectivity index (χ4n) is 1.65. The second-order valence-electron chi connectivity index (χ2n) is 4.18. The highest BCUT2D eigenvalue weighted by atomic mass is 35.5. The molecular weight excluding hydrogens is 254 g/mol. The number of carbonyl (C=O) groups excluding carboxylic acids is 1. The lowest BCUT2D eigenvalue weighted by atomic mass is 9.99. The Bertz CT molecular complexity index is 460. The van der Waals surface area contributed by atoms with Crippen molar-refractivity contribution in [3.05, 3.63) is 27.8 Å². The fraction of sp³-hybridized carbons (Fsp3) is 0.462. The fourth-order valence-corrected chi connectivity index (χ4v) is 1.93. The number of hydrogen-bond donors (Lipinski definition) is 2. The van der Waals surface area contributed by atoms with E-state index in [0.29, 0.717) is 16.1 Å². The summed E-state index contributed by atoms with van der Waals surface area (Å²) in [4.78, 5) is 11.4. The van der Waals surface area contributed by atoms with Crippen molar-refractivity contribution in [3.8, 4) is 5.75 Å². The molecule has 1 aromatic rings. The number of carbonyl (C=O) groups is 1. The van der Waals surface area contributed by atoms with Crippen LogP contribution in [0.25, 0.3) is 0 Å². The van der Waals surface area contributed by atoms with Crippen LogP contribution < -0.4 is 5.73 Å². The molecule has 0 saturated heterocycles. The first-order valence-electron chi connectivity index (χ1n) is 5.78. The molecule has 0 aliphatic rings. The molecule has 0 saturated carbocycles. The van der Waals surface area contributed by atoms with Crippen LogP contribution in [0.1, 0.15) is 23.6 Å². The van der Waals surface area contributed by atoms with Gasteiger partial charge in [-0.15, -0.1) is 0 Å². The van der Waals surface area contributed by atoms with Gasteiger partial charge in [-0.25, -0.2) is 0 Å². The molecule has 0 bridgehead atoms. The summed E-state index contributed by atoms with van der Waals surface area (Å²) in [5, 5.41) is 10.5. The number of ether oxygens (including phenoxy) is 1. The third kappa shape index (κ3) is 3.15. The first kappa shape index (κ1) is 14.8. The SMILES string of the molecule is CCOC(=O)C(N)Cc1cc(Cl)c(C)c(C)c1O. The first-order valence-corrected chi connectivity index (χ1v) is 6.16. The molecule has 1 unspecified atom stereocenters. The van der Waals surface area contributed by atoms with Crippen molar-refractivity contribution in [2.45, 2.75) is 33.2 Å². The molecule has 4 nitrogen and oxygen atoms in total. The average Bonchev–Trinajstić information content (AvgIpc) is 2.33. The van der Waals surface area contributed by atoms with E-state index < -0.39 is 12.0 Å². The molecule has 0 aliphatic carbocycles. The van der Waals surface area contributed by atoms with Gasteiger partial charge in [0.1, 0.15) is 11.8 Å². The third-order valence-corrected chi connectivity index (χ3v) is 3.30. The maximum atomic E-state index is 11.4. The summed E-state index contributed by atoms with van der Waals surface area (Å²) >= 11 is 6.05. The third-order valence-electron chi connectivity index (χ3n) is 2.91. The van der Waals surface area contributed by atoms with Crippen molar-refractivity contribution in [3.63, 3.8) is 0 Å². The summed E-state index contributed by atoms with van der Waals surface area (Å²) in [5.41, 5.74) is 7.80. The zero-order valence-corrected chi connectivity index (χ0v) is 11.5. The topological polar surface area (TPSA) is 72.5 Å². The molecule has 100 valence electrons. The maximum Gasteiger partial charge on any atom is 0.323 e. The summed E-state index contributed by atoms with van der Waals surface area (Å²) in [6.07, 6.45) is 0.200. The van der Waals surface area contributed by atoms with Crippen LogP contribution in [-0.4, -0.2) is 23.7 Å². The number of phenols is 1. The summed E-state index contributed by atoms with van der Waals surface area (Å²) in [6, 6.07) is 0.840. The summed E-state index contributed by atoms with van der Waals surface area (Å²) in [7, 11) is 0. The Hall–Kier alpha value is -1.26. The number of hydrogen-bond acceptors (Lipinski definition) is 4. The van der Waals surface area contributed by atoms with Crippen LogP contribution in [0.15, 0.2) is 6.07 Å². The molecule has 0 spiro atoms. The lowest BCUT2D eigenvalue weighted by molar-refractivity contribution is -0.144. The number of halogens is 1. The Morgan fingerprint density at radius 3 is 2.67 bits per heavy atom. The van der Waals surface area contributed by atoms with Gasteiger partial charge in [-0.05, 0) is 43.5 Å². The Kier molecular flexibility index (Phi) is 4.99. The van der Waals surface area contributed by atoms with E-state index in [2.05, 4.69) is 0 Å². The smallest absolute Gasteiger partial charge is 0.323 e. The monoisotopic (exact) mass is 271 g/mol. The highest BCUT2D eigenvalue weighted by Crippen LogP contribution is 2.31. The van der Waals surface area contributed by atoms with E-state index >= 15 is 0 Å². The van der Waals surface area contributed by atoms with Gasteiger partial charge in [0.2, 0.25) is 0 Å². The molecule has 0 heterocycles. The van der Waals surface area contributed by atoms with Crippen molar-refractivity contribution in [2.75, 3.05) is 6.61 Å². The normalized spacial score (nSPS) is 12.3. The van der Waals surface area contributed by atoms with Crippen LogP contribution in [-0.2, 0) is 16.0 Å². The van der Waals surface area contributed by atoms with E-state index in [0.717, 1.165) is 5.56 Å². The predicted octanol–water partition coefficient (Wildman–Crippen LogP) is 2.10. The van der Waals surface area contributed by atoms with Gasteiger partial charge >= 0.3 is 5.97 Å². The van der Waals surface area contributed by atoms with Crippen LogP contribution in [0.4, 0.5) is 0 Å². The molecule has 1 rings (SSSR count). The molecule has 1 atom stereocenters. The minimum Gasteiger partial charge on any atom is -0.507 e. The van der Waals surface area contributed by atoms with E-state index in [1.165, 1.54) is 0 Å². The van der Waals surface area contributed by atoms with Gasteiger partial charge in [0.05, 0.1) is 6.61 Å². The summed E-state index contributed by atoms with van der Waals surface area (Å²) < 4.78 is 4.82. The Balaban J connectivity index is 2.95. The van der Waals surface area contributed by atoms with Gasteiger partial charge in [-0.1, -0.05) is 11.6 Å². The Labute approximate surface area is 112 Å². The van der Waals surface area contributed by atoms with Gasteiger partial charge < -0.3 is 15.6 Å². The van der Waals surface area contributed by atoms with Crippen molar-refractivity contribution >= 4 is 17.6 Å². The number of rotatable bonds is 4. The van der Waals surface area contributed by atoms with E-state index in [-0.39, 0.29) is 18.8 Å². The van der Waals surface area contributed by atoms with Gasteiger partial charge in [-0.2, -0.15) is 0 Å². The van der Waals surface area contributed by atoms with Crippen LogP contribution >= 0.6 is 11.6 Å². The minimum absolute atomic E-state index is 0.136. The lowest BCUT2D eigenvalue weighted by Gasteiger charge is -2.15. The molecule has 0 fully saturated rings. The standard InChI is InChI=1S/C13H18ClNO3/c1-4-18-13(17)11(15)6-9-5-10(14)7(2)8(3)12(9)16/h5,11,16H,4,6,15H2,1-3H3. The summed E-state index contributed by atoms with van der Waals surface area (Å²) in [5.74, 6) is -0.345. The predicted molar refractivity (Wildman–Crippen MR) is 70.9 cm³/mol. The van der Waals surface area contributed by atoms with Gasteiger partial charge in [0.25, 0.3) is 0 Å². The van der Waals surface area contributed by atoms with Crippen LogP contribution in [0, 0.1) is 13.8 Å². The lowest BCUT2D eigenvalue weighted by Crippen LogP contribution is -2.34. The molecule has 18 heavy (non-hydrogen) atoms. The van der Waals surface area contributed by atoms with Crippen LogP contribution in [0.3, 0.4) is 0 Å². The number of nitrogens with two attached hydrogens (primary N) is 1. The Morgan fingerprint density at radius 1 is 1.50 bits per heavy atom. The Morgan fingerprint density at radius 2 is 2.11 bits per heavy atom. The number of phenolic OH excluding ortho intramolecular Hbond substituents is 1. The molecule has 0 amide bonds. The average molecular weight is 272 g/mol. The molecule has 5 heteroatoms. The van der Waals surface area contributed by atoms with Crippen LogP contribution in [0.5, 0.6) is 5.75 Å². The van der Waals surface area contributed by atoms with Gasteiger partial charge in [-0.3, -0.25) is 4.79 Å². The molecule has 3 N–H and O–H groups in total. The molecule has 0 radical (unpaired) electrons. The maximum absolute atomic E-state index is 11.4. The van der Waals surface area contributed by atoms with Gasteiger partial charge in [0.15, 0.2) is 0 Å². The number of esters is 1. The van der Waals surface area contributed by atoms with Crippen molar-refractivity contribution in [2.24, 2.45) is 5.73 Å². The molecule has 0 aromatic heterocycles. The van der Waals surface area contributed by atoms with E-state index in [1.807, 2.05) is 6.92 Å². The van der Waals surface area contributed by atoms with Gasteiger partial charge in [0, 0.05) is 11.4 Å². The minimum atomic E-state index is -0.797. The summed E-state index contributed by atoms with van der Waals surface area (Å²) in [6.45, 7) is 5.60. The highest BCUT2D eigenvalue weighted by Gasteiger charge is 2.19. The number of aromatic hydroxyl groups is 1. The molecular formula is C13H18ClNO3. The van der Waals surface area contributed by atoms with Crippen LogP contribution in [0.2, 0.25) is 5.02 Å². The molecule has 0 aliphatic heterocycles. The quantitative estimate of drug-likeness (QED) is 0.823. The first-order chi connectivity index (χ1) is 8.38. The zero-order valence-electron chi connectivity index (χ0n) is 10.8. The van der Waals surface area contributed by atoms with Crippen molar-refractivity contribution in [1.82, 2.24) is 0 Å². The molecule has 1 aromatic carbocycles. The largest absolute Gasteiger partial charge is 0.507 e. The second kappa shape index (κ2) is 6.07. The van der Waals surface area contributed by atoms with E-state index in [4.69, 9.17) is 22.1 Å². The zero-order chi connectivity index (χ0) is 13.9. The second-order valence-corrected chi connectivity index (χ2v) is 4.59. The number of benzene rings is 1. The van der Waals surface area contributed by atoms with E-state index in [1.54, 1.807) is 19.9 Å². The van der Waals surface area contributed by atoms with Crippen molar-refractivity contribution < 1.29 is 14.6 Å². The van der Waals surface area contributed by atoms with E-state index in [9.17, 15) is 9.90 Å². The van der Waals surface area contributed by atoms with Crippen molar-refractivity contribution in [1.29, 1.82) is 0 Å². The highest BCUT2D eigenvalue weighted by molar-refractivity contribution is 6.31.